The summed E-state index contributed by atoms with van der Waals surface area (Å²) in [5, 5.41) is 4.70. The van der Waals surface area contributed by atoms with Gasteiger partial charge in [0.1, 0.15) is 35.1 Å². The van der Waals surface area contributed by atoms with Gasteiger partial charge in [-0.2, -0.15) is 0 Å². The molecule has 0 radical (unpaired) electrons. The zero-order valence-corrected chi connectivity index (χ0v) is 28.9. The maximum absolute atomic E-state index is 14.2. The van der Waals surface area contributed by atoms with Crippen LogP contribution in [0.4, 0.5) is 4.79 Å². The van der Waals surface area contributed by atoms with Crippen LogP contribution >= 0.6 is 0 Å². The first-order chi connectivity index (χ1) is 23.1. The van der Waals surface area contributed by atoms with Gasteiger partial charge in [0.2, 0.25) is 21.8 Å². The third-order valence-electron chi connectivity index (χ3n) is 8.74. The van der Waals surface area contributed by atoms with Crippen LogP contribution in [-0.2, 0) is 38.6 Å². The molecule has 16 heteroatoms. The first-order valence-electron chi connectivity index (χ1n) is 16.4. The molecule has 268 valence electrons. The second-order valence-corrected chi connectivity index (χ2v) is 15.8. The number of benzene rings is 1. The summed E-state index contributed by atoms with van der Waals surface area (Å²) < 4.78 is 49.6. The number of amides is 4. The van der Waals surface area contributed by atoms with E-state index in [-0.39, 0.29) is 44.6 Å². The second-order valence-electron chi connectivity index (χ2n) is 13.8. The Labute approximate surface area is 285 Å². The molecule has 15 nitrogen and oxygen atoms in total. The zero-order chi connectivity index (χ0) is 35.6. The summed E-state index contributed by atoms with van der Waals surface area (Å²) in [6.07, 6.45) is 3.03. The molecule has 1 aromatic carbocycles. The first kappa shape index (κ1) is 36.1. The van der Waals surface area contributed by atoms with Gasteiger partial charge in [0, 0.05) is 18.9 Å². The van der Waals surface area contributed by atoms with Gasteiger partial charge >= 0.3 is 12.1 Å². The summed E-state index contributed by atoms with van der Waals surface area (Å²) >= 11 is 0. The third-order valence-corrected chi connectivity index (χ3v) is 10.6. The Bertz CT molecular complexity index is 1600. The molecule has 4 amide bonds. The molecule has 2 heterocycles. The Hall–Kier alpha value is -4.18. The van der Waals surface area contributed by atoms with E-state index in [1.807, 2.05) is 0 Å². The van der Waals surface area contributed by atoms with Crippen molar-refractivity contribution in [2.75, 3.05) is 26.9 Å². The topological polar surface area (TPSA) is 196 Å². The summed E-state index contributed by atoms with van der Waals surface area (Å²) in [7, 11) is -2.47. The number of hydrogen-bond donors (Lipinski definition) is 3. The van der Waals surface area contributed by atoms with Crippen molar-refractivity contribution < 1.29 is 51.3 Å². The fraction of sp³-hybridized carbons (Fsp3) is 0.606. The fourth-order valence-corrected chi connectivity index (χ4v) is 7.34. The van der Waals surface area contributed by atoms with Gasteiger partial charge in [-0.3, -0.25) is 19.1 Å². The minimum absolute atomic E-state index is 0.117. The van der Waals surface area contributed by atoms with Crippen LogP contribution in [0.15, 0.2) is 36.4 Å². The summed E-state index contributed by atoms with van der Waals surface area (Å²) in [5.41, 5.74) is -2.24. The maximum Gasteiger partial charge on any atom is 0.408 e. The minimum atomic E-state index is -3.93. The maximum atomic E-state index is 14.2. The van der Waals surface area contributed by atoms with Crippen LogP contribution in [-0.4, -0.2) is 105 Å². The lowest BCUT2D eigenvalue weighted by Crippen LogP contribution is -2.58. The number of esters is 1. The Morgan fingerprint density at radius 1 is 1.12 bits per heavy atom. The minimum Gasteiger partial charge on any atom is -0.497 e. The number of methoxy groups -OCH3 is 1. The van der Waals surface area contributed by atoms with E-state index in [1.165, 1.54) is 18.1 Å². The van der Waals surface area contributed by atoms with E-state index in [0.29, 0.717) is 25.0 Å². The number of ether oxygens (including phenoxy) is 4. The number of fused-ring (bicyclic) bond motifs is 2. The highest BCUT2D eigenvalue weighted by molar-refractivity contribution is 7.91. The van der Waals surface area contributed by atoms with Crippen molar-refractivity contribution in [2.24, 2.45) is 5.92 Å². The van der Waals surface area contributed by atoms with Gasteiger partial charge in [0.15, 0.2) is 0 Å². The standard InChI is InChI=1S/C33H44N4O11S/c1-32(2,3)48-31(42)34-25-11-7-15-46-14-6-9-21-18-33(21,30(41)36-49(43,44)24-12-13-24)35-27(38)26-17-23(19-37(26)28(25)39)47-29(40)20-8-5-10-22(16-20)45-4/h5-6,8-10,16,21,23-26H,7,11-15,17-19H2,1-4H3,(H,34,42)(H,35,38)(H,36,41)/b9-6-/t21?,23-,25-,26?,33?/m1/s1. The van der Waals surface area contributed by atoms with E-state index < -0.39 is 80.3 Å². The number of nitrogens with one attached hydrogen (secondary N) is 3. The summed E-state index contributed by atoms with van der Waals surface area (Å²) in [5.74, 6) is -3.02. The summed E-state index contributed by atoms with van der Waals surface area (Å²) in [4.78, 5) is 68.9. The molecule has 2 aliphatic heterocycles. The van der Waals surface area contributed by atoms with Crippen molar-refractivity contribution in [3.05, 3.63) is 42.0 Å². The predicted molar refractivity (Wildman–Crippen MR) is 174 cm³/mol. The first-order valence-corrected chi connectivity index (χ1v) is 17.9. The van der Waals surface area contributed by atoms with E-state index in [2.05, 4.69) is 15.4 Å². The molecule has 5 rings (SSSR count). The van der Waals surface area contributed by atoms with E-state index in [9.17, 15) is 32.4 Å². The quantitative estimate of drug-likeness (QED) is 0.275. The number of hydrogen-bond acceptors (Lipinski definition) is 11. The molecular weight excluding hydrogens is 660 g/mol. The third kappa shape index (κ3) is 8.90. The SMILES string of the molecule is COc1cccc(C(=O)O[C@@H]2CC3C(=O)NC4(C(=O)NS(=O)(=O)C5CC5)CC4/C=C\COCCC[C@@H](NC(=O)OC(C)(C)C)C(=O)N3C2)c1. The Morgan fingerprint density at radius 3 is 2.57 bits per heavy atom. The van der Waals surface area contributed by atoms with Gasteiger partial charge in [0.05, 0.1) is 31.1 Å². The van der Waals surface area contributed by atoms with E-state index in [4.69, 9.17) is 18.9 Å². The van der Waals surface area contributed by atoms with Crippen molar-refractivity contribution in [3.63, 3.8) is 0 Å². The molecule has 2 aliphatic carbocycles. The molecule has 3 fully saturated rings. The van der Waals surface area contributed by atoms with E-state index in [1.54, 1.807) is 51.1 Å². The van der Waals surface area contributed by atoms with Crippen molar-refractivity contribution >= 4 is 39.8 Å². The number of alkyl carbamates (subject to hydrolysis) is 1. The lowest BCUT2D eigenvalue weighted by atomic mass is 10.1. The van der Waals surface area contributed by atoms with Gasteiger partial charge in [-0.1, -0.05) is 18.2 Å². The highest BCUT2D eigenvalue weighted by Crippen LogP contribution is 2.46. The number of carbonyl (C=O) groups excluding carboxylic acids is 5. The van der Waals surface area contributed by atoms with Crippen LogP contribution in [0.3, 0.4) is 0 Å². The smallest absolute Gasteiger partial charge is 0.408 e. The molecule has 0 bridgehead atoms. The molecule has 3 N–H and O–H groups in total. The number of rotatable bonds is 7. The van der Waals surface area contributed by atoms with Crippen molar-refractivity contribution in [3.8, 4) is 5.75 Å². The lowest BCUT2D eigenvalue weighted by molar-refractivity contribution is -0.141. The van der Waals surface area contributed by atoms with Crippen LogP contribution < -0.4 is 20.1 Å². The molecule has 5 atom stereocenters. The summed E-state index contributed by atoms with van der Waals surface area (Å²) in [6.45, 7) is 5.27. The number of nitrogens with zero attached hydrogens (tertiary/aromatic N) is 1. The monoisotopic (exact) mass is 704 g/mol. The molecule has 1 saturated heterocycles. The van der Waals surface area contributed by atoms with Crippen LogP contribution in [0, 0.1) is 5.92 Å². The van der Waals surface area contributed by atoms with Gasteiger partial charge in [-0.15, -0.1) is 0 Å². The lowest BCUT2D eigenvalue weighted by Gasteiger charge is -2.30. The second kappa shape index (κ2) is 14.4. The van der Waals surface area contributed by atoms with Crippen molar-refractivity contribution in [2.45, 2.75) is 93.9 Å². The molecule has 0 spiro atoms. The average Bonchev–Trinajstić information content (AvgIpc) is 3.95. The van der Waals surface area contributed by atoms with Crippen molar-refractivity contribution in [1.82, 2.24) is 20.3 Å². The number of carbonyl (C=O) groups is 5. The van der Waals surface area contributed by atoms with Gasteiger partial charge in [-0.25, -0.2) is 18.0 Å². The fourth-order valence-electron chi connectivity index (χ4n) is 5.98. The zero-order valence-electron chi connectivity index (χ0n) is 28.1. The van der Waals surface area contributed by atoms with Gasteiger partial charge in [0.25, 0.3) is 5.91 Å². The largest absolute Gasteiger partial charge is 0.497 e. The van der Waals surface area contributed by atoms with E-state index in [0.717, 1.165) is 0 Å². The van der Waals surface area contributed by atoms with Crippen LogP contribution in [0.5, 0.6) is 5.75 Å². The normalized spacial score (nSPS) is 28.4. The summed E-state index contributed by atoms with van der Waals surface area (Å²) in [6, 6.07) is 3.97. The van der Waals surface area contributed by atoms with Crippen LogP contribution in [0.25, 0.3) is 0 Å². The Morgan fingerprint density at radius 2 is 1.88 bits per heavy atom. The van der Waals surface area contributed by atoms with Crippen molar-refractivity contribution in [1.29, 1.82) is 0 Å². The molecule has 49 heavy (non-hydrogen) atoms. The molecule has 4 aliphatic rings. The van der Waals surface area contributed by atoms with Crippen LogP contribution in [0.2, 0.25) is 0 Å². The van der Waals surface area contributed by atoms with E-state index >= 15 is 0 Å². The molecule has 3 unspecified atom stereocenters. The highest BCUT2D eigenvalue weighted by Gasteiger charge is 2.62. The predicted octanol–water partition coefficient (Wildman–Crippen LogP) is 1.56. The average molecular weight is 705 g/mol. The molecule has 1 aromatic rings. The Balaban J connectivity index is 1.43. The Kier molecular flexibility index (Phi) is 10.6. The van der Waals surface area contributed by atoms with Gasteiger partial charge < -0.3 is 34.5 Å². The molecule has 2 saturated carbocycles. The van der Waals surface area contributed by atoms with Gasteiger partial charge in [-0.05, 0) is 71.1 Å². The highest BCUT2D eigenvalue weighted by atomic mass is 32.2. The van der Waals surface area contributed by atoms with Crippen LogP contribution in [0.1, 0.15) is 69.7 Å². The molecule has 0 aromatic heterocycles. The molecular formula is C33H44N4O11S. The number of sulfonamides is 1.